The van der Waals surface area contributed by atoms with Gasteiger partial charge in [-0.2, -0.15) is 0 Å². The largest absolute Gasteiger partial charge is 0.147 e. The van der Waals surface area contributed by atoms with E-state index in [0.717, 1.165) is 7.35 Å². The van der Waals surface area contributed by atoms with Gasteiger partial charge < -0.3 is 0 Å². The Bertz CT molecular complexity index is 1920. The molecule has 4 unspecified atom stereocenters. The molecule has 3 heteroatoms. The van der Waals surface area contributed by atoms with Gasteiger partial charge in [0.15, 0.2) is 0 Å². The number of allylic oxidation sites excluding steroid dienone is 2. The van der Waals surface area contributed by atoms with Gasteiger partial charge in [0.2, 0.25) is 0 Å². The van der Waals surface area contributed by atoms with Crippen LogP contribution < -0.4 is 0 Å². The fourth-order valence-electron chi connectivity index (χ4n) is 11.5. The van der Waals surface area contributed by atoms with Crippen LogP contribution in [0.5, 0.6) is 0 Å². The molecule has 0 nitrogen and oxygen atoms in total. The van der Waals surface area contributed by atoms with Crippen LogP contribution in [-0.4, -0.2) is 0 Å². The summed E-state index contributed by atoms with van der Waals surface area (Å²) in [5.74, 6) is 1.31. The number of hydrogen-bond donors (Lipinski definition) is 0. The van der Waals surface area contributed by atoms with Crippen LogP contribution in [-0.2, 0) is 30.8 Å². The fourth-order valence-corrected chi connectivity index (χ4v) is 46.7. The summed E-state index contributed by atoms with van der Waals surface area (Å²) in [6.45, 7) is 23.8. The first-order chi connectivity index (χ1) is 25.2. The molecule has 0 aromatic heterocycles. The first kappa shape index (κ1) is 42.4. The van der Waals surface area contributed by atoms with Gasteiger partial charge in [-0.25, -0.2) is 0 Å². The van der Waals surface area contributed by atoms with Gasteiger partial charge in [0.05, 0.1) is 0 Å². The Morgan fingerprint density at radius 1 is 0.527 bits per heavy atom. The molecule has 4 aromatic carbocycles. The molecule has 0 amide bonds. The monoisotopic (exact) mass is 940 g/mol. The maximum absolute atomic E-state index is 3.33. The van der Waals surface area contributed by atoms with E-state index in [-0.39, 0.29) is 35.6 Å². The third-order valence-electron chi connectivity index (χ3n) is 13.7. The van der Waals surface area contributed by atoms with Gasteiger partial charge in [-0.05, 0) is 0 Å². The van der Waals surface area contributed by atoms with Crippen molar-refractivity contribution in [2.24, 2.45) is 11.8 Å². The molecule has 1 aliphatic heterocycles. The molecule has 0 radical (unpaired) electrons. The minimum atomic E-state index is -3.33. The fraction of sp³-hybridized carbons (Fsp3) is 0.462. The molecule has 0 spiro atoms. The molecule has 0 bridgehead atoms. The molecule has 1 saturated carbocycles. The molecular weight excluding hydrogens is 874 g/mol. The van der Waals surface area contributed by atoms with Gasteiger partial charge >= 0.3 is 329 Å². The van der Waals surface area contributed by atoms with Crippen LogP contribution in [0.1, 0.15) is 148 Å². The van der Waals surface area contributed by atoms with E-state index >= 15 is 0 Å². The molecule has 3 aliphatic carbocycles. The van der Waals surface area contributed by atoms with Gasteiger partial charge in [0, 0.05) is 0 Å². The van der Waals surface area contributed by atoms with Crippen molar-refractivity contribution in [3.05, 3.63) is 129 Å². The van der Waals surface area contributed by atoms with Crippen molar-refractivity contribution in [1.82, 2.24) is 0 Å². The number of rotatable bonds is 8. The maximum Gasteiger partial charge on any atom is -0.147 e. The number of halogens is 2. The van der Waals surface area contributed by atoms with E-state index in [1.165, 1.54) is 71.9 Å². The summed E-state index contributed by atoms with van der Waals surface area (Å²) in [7, 11) is 0. The van der Waals surface area contributed by atoms with Gasteiger partial charge in [-0.15, -0.1) is 24.8 Å². The van der Waals surface area contributed by atoms with Crippen molar-refractivity contribution >= 4 is 37.0 Å². The minimum absolute atomic E-state index is 0. The number of benzene rings is 4. The Morgan fingerprint density at radius 2 is 0.891 bits per heavy atom. The SMILES string of the molecule is CC(C)CC1=Cc2c(-c3ccc(C(C)(C)C)cc3)cccc2[CH]1[Hf]1([CH]2C(CC(C)C)=Cc3c(-c4ccc(C(C)(C)C)cc4)cccc32)[CH]2CCCC[CH]21.Cl.Cl. The first-order valence-corrected chi connectivity index (χ1v) is 29.4. The Balaban J connectivity index is 0.00000257. The molecule has 8 rings (SSSR count). The van der Waals surface area contributed by atoms with Crippen molar-refractivity contribution in [2.45, 2.75) is 133 Å². The van der Waals surface area contributed by atoms with Crippen LogP contribution in [0.4, 0.5) is 0 Å². The van der Waals surface area contributed by atoms with Crippen LogP contribution in [0, 0.1) is 11.8 Å². The Morgan fingerprint density at radius 3 is 1.22 bits per heavy atom. The molecule has 55 heavy (non-hydrogen) atoms. The van der Waals surface area contributed by atoms with Crippen molar-refractivity contribution < 1.29 is 20.0 Å². The number of hydrogen-bond acceptors (Lipinski definition) is 0. The summed E-state index contributed by atoms with van der Waals surface area (Å²) in [5.41, 5.74) is 18.9. The summed E-state index contributed by atoms with van der Waals surface area (Å²) in [4.78, 5) is 0. The Kier molecular flexibility index (Phi) is 12.2. The molecule has 2 fully saturated rings. The van der Waals surface area contributed by atoms with Gasteiger partial charge in [-0.1, -0.05) is 0 Å². The van der Waals surface area contributed by atoms with Crippen LogP contribution in [0.2, 0.25) is 7.35 Å². The van der Waals surface area contributed by atoms with Crippen molar-refractivity contribution in [3.8, 4) is 22.3 Å². The zero-order chi connectivity index (χ0) is 37.4. The molecule has 4 atom stereocenters. The molecule has 292 valence electrons. The maximum atomic E-state index is 2.74. The molecular formula is C52H66Cl2Hf. The minimum Gasteiger partial charge on any atom is -0.147 e. The quantitative estimate of drug-likeness (QED) is 0.154. The molecule has 1 saturated heterocycles. The normalized spacial score (nSPS) is 24.0. The Hall–Kier alpha value is -2.19. The van der Waals surface area contributed by atoms with Gasteiger partial charge in [0.1, 0.15) is 0 Å². The van der Waals surface area contributed by atoms with E-state index in [1.807, 2.05) is 0 Å². The predicted octanol–water partition coefficient (Wildman–Crippen LogP) is 16.4. The second-order valence-corrected chi connectivity index (χ2v) is 36.9. The van der Waals surface area contributed by atoms with Crippen molar-refractivity contribution in [3.63, 3.8) is 0 Å². The van der Waals surface area contributed by atoms with Crippen molar-refractivity contribution in [1.29, 1.82) is 0 Å². The zero-order valence-corrected chi connectivity index (χ0v) is 40.5. The summed E-state index contributed by atoms with van der Waals surface area (Å²) in [6.07, 6.45) is 13.8. The Labute approximate surface area is 351 Å². The average Bonchev–Trinajstić information content (AvgIpc) is 3.38. The van der Waals surface area contributed by atoms with E-state index < -0.39 is 20.0 Å². The van der Waals surface area contributed by atoms with E-state index in [1.54, 1.807) is 33.4 Å². The smallest absolute Gasteiger partial charge is 0.147 e. The topological polar surface area (TPSA) is 0 Å². The summed E-state index contributed by atoms with van der Waals surface area (Å²) in [6, 6.07) is 34.0. The van der Waals surface area contributed by atoms with E-state index in [2.05, 4.69) is 166 Å². The molecule has 4 aliphatic rings. The van der Waals surface area contributed by atoms with Crippen molar-refractivity contribution in [2.75, 3.05) is 0 Å². The van der Waals surface area contributed by atoms with Crippen LogP contribution in [0.3, 0.4) is 0 Å². The van der Waals surface area contributed by atoms with Crippen LogP contribution >= 0.6 is 24.8 Å². The van der Waals surface area contributed by atoms with E-state index in [4.69, 9.17) is 0 Å². The zero-order valence-electron chi connectivity index (χ0n) is 35.3. The standard InChI is InChI=1S/2C23H27.C6H10.2ClH.Hf/c2*1-16(2)13-17-14-19-7-6-8-21(22(19)15-17)18-9-11-20(12-10-18)23(3,4)5;1-2-4-6-5-3-1;;;/h2*6-12,14-16H,13H2,1-5H3;1-2H,3-6H2;2*1H;. The number of fused-ring (bicyclic) bond motifs is 3. The third kappa shape index (κ3) is 7.51. The van der Waals surface area contributed by atoms with E-state index in [9.17, 15) is 0 Å². The van der Waals surface area contributed by atoms with Crippen LogP contribution in [0.25, 0.3) is 34.4 Å². The second kappa shape index (κ2) is 15.9. The average molecular weight is 940 g/mol. The van der Waals surface area contributed by atoms with Gasteiger partial charge in [-0.3, -0.25) is 0 Å². The summed E-state index contributed by atoms with van der Waals surface area (Å²) >= 11 is -3.33. The third-order valence-corrected chi connectivity index (χ3v) is 38.6. The molecule has 1 heterocycles. The molecule has 0 N–H and O–H groups in total. The summed E-state index contributed by atoms with van der Waals surface area (Å²) < 4.78 is 3.36. The van der Waals surface area contributed by atoms with Gasteiger partial charge in [0.25, 0.3) is 0 Å². The first-order valence-electron chi connectivity index (χ1n) is 21.1. The van der Waals surface area contributed by atoms with Crippen LogP contribution in [0.15, 0.2) is 96.1 Å². The molecule has 4 aromatic rings. The second-order valence-electron chi connectivity index (χ2n) is 20.3. The van der Waals surface area contributed by atoms with E-state index in [0.29, 0.717) is 19.2 Å². The summed E-state index contributed by atoms with van der Waals surface area (Å²) in [5, 5.41) is 0. The predicted molar refractivity (Wildman–Crippen MR) is 242 cm³/mol.